The molecule has 0 aliphatic carbocycles. The van der Waals surface area contributed by atoms with Gasteiger partial charge >= 0.3 is 0 Å². The van der Waals surface area contributed by atoms with Gasteiger partial charge in [0.1, 0.15) is 0 Å². The second-order valence-electron chi connectivity index (χ2n) is 4.39. The van der Waals surface area contributed by atoms with Crippen LogP contribution in [0.5, 0.6) is 0 Å². The van der Waals surface area contributed by atoms with Gasteiger partial charge in [-0.05, 0) is 38.4 Å². The van der Waals surface area contributed by atoms with Gasteiger partial charge in [-0.15, -0.1) is 0 Å². The van der Waals surface area contributed by atoms with Crippen molar-refractivity contribution in [2.75, 3.05) is 24.5 Å². The maximum atomic E-state index is 9.04. The predicted octanol–water partition coefficient (Wildman–Crippen LogP) is 2.71. The van der Waals surface area contributed by atoms with Gasteiger partial charge in [-0.1, -0.05) is 25.1 Å². The van der Waals surface area contributed by atoms with E-state index in [4.69, 9.17) is 5.26 Å². The molecule has 3 nitrogen and oxygen atoms in total. The van der Waals surface area contributed by atoms with Crippen molar-refractivity contribution in [3.63, 3.8) is 0 Å². The normalized spacial score (nSPS) is 11.9. The van der Waals surface area contributed by atoms with Gasteiger partial charge in [-0.3, -0.25) is 0 Å². The Labute approximate surface area is 110 Å². The van der Waals surface area contributed by atoms with Crippen LogP contribution in [0, 0.1) is 18.3 Å². The first kappa shape index (κ1) is 14.5. The average Bonchev–Trinajstić information content (AvgIpc) is 2.40. The van der Waals surface area contributed by atoms with Crippen LogP contribution in [0.15, 0.2) is 24.3 Å². The zero-order valence-corrected chi connectivity index (χ0v) is 11.6. The largest absolute Gasteiger partial charge is 0.372 e. The highest BCUT2D eigenvalue weighted by atomic mass is 15.1. The highest BCUT2D eigenvalue weighted by Gasteiger charge is 2.10. The molecule has 0 heterocycles. The Morgan fingerprint density at radius 2 is 2.06 bits per heavy atom. The number of hydrogen-bond donors (Lipinski definition) is 1. The van der Waals surface area contributed by atoms with Crippen LogP contribution in [0.1, 0.15) is 25.8 Å². The summed E-state index contributed by atoms with van der Waals surface area (Å²) in [6, 6.07) is 10.7. The lowest BCUT2D eigenvalue weighted by atomic mass is 10.1. The Morgan fingerprint density at radius 1 is 1.33 bits per heavy atom. The summed E-state index contributed by atoms with van der Waals surface area (Å²) in [4.78, 5) is 2.33. The Bertz CT molecular complexity index is 395. The molecule has 0 bridgehead atoms. The molecule has 0 aliphatic heterocycles. The van der Waals surface area contributed by atoms with Crippen molar-refractivity contribution in [2.24, 2.45) is 0 Å². The quantitative estimate of drug-likeness (QED) is 0.803. The maximum absolute atomic E-state index is 9.04. The van der Waals surface area contributed by atoms with Crippen LogP contribution in [0.4, 0.5) is 5.69 Å². The topological polar surface area (TPSA) is 39.1 Å². The van der Waals surface area contributed by atoms with Crippen LogP contribution in [-0.4, -0.2) is 25.7 Å². The molecular formula is C15H23N3. The van der Waals surface area contributed by atoms with Crippen molar-refractivity contribution in [3.8, 4) is 6.07 Å². The number of aryl methyl sites for hydroxylation is 1. The minimum absolute atomic E-state index is 0.0481. The number of nitrogens with one attached hydrogen (secondary N) is 1. The van der Waals surface area contributed by atoms with Gasteiger partial charge in [-0.25, -0.2) is 0 Å². The smallest absolute Gasteiger partial charge is 0.0969 e. The summed E-state index contributed by atoms with van der Waals surface area (Å²) in [5.74, 6) is 0. The third kappa shape index (κ3) is 4.05. The molecule has 1 rings (SSSR count). The number of nitrogens with zero attached hydrogens (tertiary/aromatic N) is 2. The summed E-state index contributed by atoms with van der Waals surface area (Å²) in [5, 5.41) is 12.2. The molecule has 0 amide bonds. The van der Waals surface area contributed by atoms with Crippen LogP contribution in [0.2, 0.25) is 0 Å². The SMILES string of the molecule is CCNC(C#N)CCN(CC)c1ccccc1C. The van der Waals surface area contributed by atoms with E-state index in [-0.39, 0.29) is 6.04 Å². The second kappa shape index (κ2) is 7.73. The van der Waals surface area contributed by atoms with E-state index in [1.807, 2.05) is 6.92 Å². The minimum atomic E-state index is -0.0481. The first-order valence-electron chi connectivity index (χ1n) is 6.66. The lowest BCUT2D eigenvalue weighted by Crippen LogP contribution is -2.33. The molecule has 18 heavy (non-hydrogen) atoms. The standard InChI is InChI=1S/C15H23N3/c1-4-17-14(12-16)10-11-18(5-2)15-9-7-6-8-13(15)3/h6-9,14,17H,4-5,10-11H2,1-3H3. The van der Waals surface area contributed by atoms with Gasteiger partial charge < -0.3 is 10.2 Å². The highest BCUT2D eigenvalue weighted by Crippen LogP contribution is 2.19. The molecule has 0 saturated carbocycles. The molecule has 0 radical (unpaired) electrons. The Kier molecular flexibility index (Phi) is 6.24. The van der Waals surface area contributed by atoms with Crippen LogP contribution in [-0.2, 0) is 0 Å². The first-order valence-corrected chi connectivity index (χ1v) is 6.66. The van der Waals surface area contributed by atoms with Crippen molar-refractivity contribution >= 4 is 5.69 Å². The zero-order valence-electron chi connectivity index (χ0n) is 11.6. The van der Waals surface area contributed by atoms with E-state index in [2.05, 4.69) is 54.4 Å². The third-order valence-electron chi connectivity index (χ3n) is 3.13. The number of para-hydroxylation sites is 1. The lowest BCUT2D eigenvalue weighted by molar-refractivity contribution is 0.576. The molecule has 1 aromatic carbocycles. The molecule has 0 fully saturated rings. The molecular weight excluding hydrogens is 222 g/mol. The highest BCUT2D eigenvalue weighted by molar-refractivity contribution is 5.52. The van der Waals surface area contributed by atoms with Gasteiger partial charge in [0, 0.05) is 18.8 Å². The van der Waals surface area contributed by atoms with E-state index < -0.39 is 0 Å². The van der Waals surface area contributed by atoms with Crippen molar-refractivity contribution < 1.29 is 0 Å². The number of benzene rings is 1. The summed E-state index contributed by atoms with van der Waals surface area (Å²) in [7, 11) is 0. The summed E-state index contributed by atoms with van der Waals surface area (Å²) < 4.78 is 0. The van der Waals surface area contributed by atoms with Crippen LogP contribution >= 0.6 is 0 Å². The predicted molar refractivity (Wildman–Crippen MR) is 76.8 cm³/mol. The summed E-state index contributed by atoms with van der Waals surface area (Å²) in [5.41, 5.74) is 2.56. The van der Waals surface area contributed by atoms with E-state index >= 15 is 0 Å². The van der Waals surface area contributed by atoms with Gasteiger partial charge in [0.15, 0.2) is 0 Å². The number of hydrogen-bond acceptors (Lipinski definition) is 3. The van der Waals surface area contributed by atoms with E-state index in [0.717, 1.165) is 26.1 Å². The van der Waals surface area contributed by atoms with Crippen LogP contribution in [0.3, 0.4) is 0 Å². The number of anilines is 1. The maximum Gasteiger partial charge on any atom is 0.0969 e. The third-order valence-corrected chi connectivity index (χ3v) is 3.13. The first-order chi connectivity index (χ1) is 8.72. The monoisotopic (exact) mass is 245 g/mol. The fourth-order valence-electron chi connectivity index (χ4n) is 2.11. The van der Waals surface area contributed by atoms with Crippen molar-refractivity contribution in [1.82, 2.24) is 5.32 Å². The Hall–Kier alpha value is -1.53. The zero-order chi connectivity index (χ0) is 13.4. The molecule has 1 unspecified atom stereocenters. The molecule has 1 aromatic rings. The average molecular weight is 245 g/mol. The van der Waals surface area contributed by atoms with Crippen molar-refractivity contribution in [3.05, 3.63) is 29.8 Å². The van der Waals surface area contributed by atoms with E-state index in [0.29, 0.717) is 0 Å². The van der Waals surface area contributed by atoms with Gasteiger partial charge in [-0.2, -0.15) is 5.26 Å². The summed E-state index contributed by atoms with van der Waals surface area (Å²) in [6.45, 7) is 9.03. The van der Waals surface area contributed by atoms with E-state index in [1.54, 1.807) is 0 Å². The number of rotatable bonds is 7. The number of nitriles is 1. The molecule has 1 N–H and O–H groups in total. The molecule has 0 aromatic heterocycles. The van der Waals surface area contributed by atoms with Gasteiger partial charge in [0.25, 0.3) is 0 Å². The summed E-state index contributed by atoms with van der Waals surface area (Å²) in [6.07, 6.45) is 0.854. The molecule has 1 atom stereocenters. The van der Waals surface area contributed by atoms with Crippen LogP contribution in [0.25, 0.3) is 0 Å². The van der Waals surface area contributed by atoms with Crippen molar-refractivity contribution in [2.45, 2.75) is 33.2 Å². The van der Waals surface area contributed by atoms with Crippen molar-refractivity contribution in [1.29, 1.82) is 5.26 Å². The minimum Gasteiger partial charge on any atom is -0.372 e. The summed E-state index contributed by atoms with van der Waals surface area (Å²) >= 11 is 0. The second-order valence-corrected chi connectivity index (χ2v) is 4.39. The molecule has 98 valence electrons. The molecule has 0 aliphatic rings. The lowest BCUT2D eigenvalue weighted by Gasteiger charge is -2.26. The van der Waals surface area contributed by atoms with Gasteiger partial charge in [0.05, 0.1) is 12.1 Å². The molecule has 3 heteroatoms. The van der Waals surface area contributed by atoms with Gasteiger partial charge in [0.2, 0.25) is 0 Å². The fourth-order valence-corrected chi connectivity index (χ4v) is 2.11. The van der Waals surface area contributed by atoms with E-state index in [1.165, 1.54) is 11.3 Å². The van der Waals surface area contributed by atoms with Crippen LogP contribution < -0.4 is 10.2 Å². The van der Waals surface area contributed by atoms with E-state index in [9.17, 15) is 0 Å². The Morgan fingerprint density at radius 3 is 2.61 bits per heavy atom. The molecule has 0 spiro atoms. The fraction of sp³-hybridized carbons (Fsp3) is 0.533. The Balaban J connectivity index is 2.63. The molecule has 0 saturated heterocycles.